The predicted octanol–water partition coefficient (Wildman–Crippen LogP) is 2.49. The first kappa shape index (κ1) is 13.3. The predicted molar refractivity (Wildman–Crippen MR) is 67.3 cm³/mol. The van der Waals surface area contributed by atoms with Gasteiger partial charge in [-0.2, -0.15) is 0 Å². The van der Waals surface area contributed by atoms with Crippen molar-refractivity contribution in [3.8, 4) is 0 Å². The number of urea groups is 2. The van der Waals surface area contributed by atoms with Crippen LogP contribution in [0.3, 0.4) is 0 Å². The van der Waals surface area contributed by atoms with Gasteiger partial charge in [0.15, 0.2) is 0 Å². The number of halogens is 1. The molecular formula is C11H14ClN3O2. The van der Waals surface area contributed by atoms with Crippen LogP contribution < -0.4 is 5.32 Å². The summed E-state index contributed by atoms with van der Waals surface area (Å²) in [6.45, 7) is 0. The van der Waals surface area contributed by atoms with E-state index in [1.165, 1.54) is 11.9 Å². The average molecular weight is 256 g/mol. The Morgan fingerprint density at radius 2 is 1.88 bits per heavy atom. The van der Waals surface area contributed by atoms with E-state index < -0.39 is 12.1 Å². The highest BCUT2D eigenvalue weighted by Crippen LogP contribution is 2.15. The second-order valence-corrected chi connectivity index (χ2v) is 4.11. The lowest BCUT2D eigenvalue weighted by molar-refractivity contribution is 0.182. The molecule has 0 aliphatic heterocycles. The Kier molecular flexibility index (Phi) is 4.34. The molecule has 0 saturated carbocycles. The minimum absolute atomic E-state index is 0.399. The summed E-state index contributed by atoms with van der Waals surface area (Å²) < 4.78 is 0. The minimum Gasteiger partial charge on any atom is -0.330 e. The normalized spacial score (nSPS) is 9.65. The lowest BCUT2D eigenvalue weighted by Gasteiger charge is -2.20. The summed E-state index contributed by atoms with van der Waals surface area (Å²) in [5, 5.41) is 3.09. The van der Waals surface area contributed by atoms with Crippen LogP contribution in [0.25, 0.3) is 0 Å². The van der Waals surface area contributed by atoms with Crippen LogP contribution in [0.4, 0.5) is 15.3 Å². The van der Waals surface area contributed by atoms with Gasteiger partial charge in [0.1, 0.15) is 0 Å². The van der Waals surface area contributed by atoms with Crippen molar-refractivity contribution >= 4 is 29.4 Å². The summed E-state index contributed by atoms with van der Waals surface area (Å²) in [6.07, 6.45) is 0. The number of hydrogen-bond donors (Lipinski definition) is 1. The lowest BCUT2D eigenvalue weighted by atomic mass is 10.3. The number of nitrogens with zero attached hydrogens (tertiary/aromatic N) is 2. The third-order valence-corrected chi connectivity index (χ3v) is 2.29. The Bertz CT molecular complexity index is 434. The number of carbonyl (C=O) groups excluding carboxylic acids is 2. The molecule has 0 aliphatic rings. The number of benzene rings is 1. The van der Waals surface area contributed by atoms with Gasteiger partial charge >= 0.3 is 12.1 Å². The fourth-order valence-corrected chi connectivity index (χ4v) is 1.35. The molecule has 92 valence electrons. The van der Waals surface area contributed by atoms with E-state index in [2.05, 4.69) is 5.32 Å². The van der Waals surface area contributed by atoms with Crippen molar-refractivity contribution in [1.29, 1.82) is 0 Å². The molecule has 0 unspecified atom stereocenters. The van der Waals surface area contributed by atoms with Crippen LogP contribution in [-0.2, 0) is 0 Å². The standard InChI is InChI=1S/C11H14ClN3O2/c1-14(2)11(17)15(3)10(16)13-9-6-4-5-8(12)7-9/h4-7H,1-3H3,(H,13,16). The number of hydrogen-bond acceptors (Lipinski definition) is 2. The maximum atomic E-state index is 11.7. The molecule has 1 aromatic rings. The maximum Gasteiger partial charge on any atom is 0.329 e. The zero-order valence-corrected chi connectivity index (χ0v) is 10.7. The van der Waals surface area contributed by atoms with Gasteiger partial charge in [-0.05, 0) is 18.2 Å². The molecule has 1 N–H and O–H groups in total. The molecule has 0 bridgehead atoms. The number of carbonyl (C=O) groups is 2. The van der Waals surface area contributed by atoms with Gasteiger partial charge < -0.3 is 10.2 Å². The van der Waals surface area contributed by atoms with Gasteiger partial charge in [-0.25, -0.2) is 14.5 Å². The summed E-state index contributed by atoms with van der Waals surface area (Å²) in [5.41, 5.74) is 0.543. The van der Waals surface area contributed by atoms with E-state index in [9.17, 15) is 9.59 Å². The van der Waals surface area contributed by atoms with Crippen LogP contribution in [-0.4, -0.2) is 43.0 Å². The number of imide groups is 1. The van der Waals surface area contributed by atoms with Crippen molar-refractivity contribution in [2.45, 2.75) is 0 Å². The highest BCUT2D eigenvalue weighted by Gasteiger charge is 2.18. The van der Waals surface area contributed by atoms with Crippen LogP contribution in [0.1, 0.15) is 0 Å². The second kappa shape index (κ2) is 5.54. The molecule has 0 saturated heterocycles. The summed E-state index contributed by atoms with van der Waals surface area (Å²) in [5.74, 6) is 0. The largest absolute Gasteiger partial charge is 0.330 e. The molecule has 0 aromatic heterocycles. The highest BCUT2D eigenvalue weighted by atomic mass is 35.5. The van der Waals surface area contributed by atoms with Gasteiger partial charge in [0.05, 0.1) is 0 Å². The molecule has 6 heteroatoms. The smallest absolute Gasteiger partial charge is 0.329 e. The van der Waals surface area contributed by atoms with E-state index in [1.54, 1.807) is 38.4 Å². The van der Waals surface area contributed by atoms with Crippen molar-refractivity contribution in [2.24, 2.45) is 0 Å². The van der Waals surface area contributed by atoms with E-state index in [-0.39, 0.29) is 0 Å². The number of amides is 4. The Labute approximate surface area is 105 Å². The Balaban J connectivity index is 2.70. The second-order valence-electron chi connectivity index (χ2n) is 3.68. The van der Waals surface area contributed by atoms with Crippen LogP contribution in [0.2, 0.25) is 5.02 Å². The quantitative estimate of drug-likeness (QED) is 0.838. The van der Waals surface area contributed by atoms with Gasteiger partial charge in [-0.15, -0.1) is 0 Å². The fourth-order valence-electron chi connectivity index (χ4n) is 1.16. The maximum absolute atomic E-state index is 11.7. The number of nitrogens with one attached hydrogen (secondary N) is 1. The monoisotopic (exact) mass is 255 g/mol. The van der Waals surface area contributed by atoms with Crippen LogP contribution in [0.15, 0.2) is 24.3 Å². The van der Waals surface area contributed by atoms with Crippen LogP contribution in [0, 0.1) is 0 Å². The van der Waals surface area contributed by atoms with Crippen molar-refractivity contribution < 1.29 is 9.59 Å². The highest BCUT2D eigenvalue weighted by molar-refractivity contribution is 6.30. The van der Waals surface area contributed by atoms with Crippen LogP contribution >= 0.6 is 11.6 Å². The van der Waals surface area contributed by atoms with E-state index >= 15 is 0 Å². The lowest BCUT2D eigenvalue weighted by Crippen LogP contribution is -2.42. The zero-order chi connectivity index (χ0) is 13.0. The topological polar surface area (TPSA) is 52.7 Å². The molecule has 0 fully saturated rings. The molecular weight excluding hydrogens is 242 g/mol. The molecule has 0 heterocycles. The molecule has 5 nitrogen and oxygen atoms in total. The summed E-state index contributed by atoms with van der Waals surface area (Å²) in [4.78, 5) is 25.5. The molecule has 0 spiro atoms. The van der Waals surface area contributed by atoms with E-state index in [1.807, 2.05) is 0 Å². The third kappa shape index (κ3) is 3.64. The van der Waals surface area contributed by atoms with Gasteiger partial charge in [0.2, 0.25) is 0 Å². The first-order chi connectivity index (χ1) is 7.91. The van der Waals surface area contributed by atoms with E-state index in [0.717, 1.165) is 4.90 Å². The summed E-state index contributed by atoms with van der Waals surface area (Å²) in [6, 6.07) is 5.80. The minimum atomic E-state index is -0.508. The van der Waals surface area contributed by atoms with E-state index in [0.29, 0.717) is 10.7 Å². The molecule has 0 atom stereocenters. The van der Waals surface area contributed by atoms with E-state index in [4.69, 9.17) is 11.6 Å². The molecule has 1 rings (SSSR count). The summed E-state index contributed by atoms with van der Waals surface area (Å²) in [7, 11) is 4.55. The van der Waals surface area contributed by atoms with Crippen molar-refractivity contribution in [3.05, 3.63) is 29.3 Å². The Hall–Kier alpha value is -1.75. The fraction of sp³-hybridized carbons (Fsp3) is 0.273. The van der Waals surface area contributed by atoms with Crippen molar-refractivity contribution in [1.82, 2.24) is 9.80 Å². The first-order valence-corrected chi connectivity index (χ1v) is 5.31. The number of anilines is 1. The Morgan fingerprint density at radius 1 is 1.24 bits per heavy atom. The third-order valence-electron chi connectivity index (χ3n) is 2.05. The van der Waals surface area contributed by atoms with Crippen molar-refractivity contribution in [3.63, 3.8) is 0 Å². The Morgan fingerprint density at radius 3 is 2.41 bits per heavy atom. The SMILES string of the molecule is CN(C)C(=O)N(C)C(=O)Nc1cccc(Cl)c1. The first-order valence-electron chi connectivity index (χ1n) is 4.93. The van der Waals surface area contributed by atoms with Crippen molar-refractivity contribution in [2.75, 3.05) is 26.5 Å². The van der Waals surface area contributed by atoms with Gasteiger partial charge in [0.25, 0.3) is 0 Å². The zero-order valence-electron chi connectivity index (χ0n) is 9.90. The molecule has 0 aliphatic carbocycles. The van der Waals surface area contributed by atoms with Crippen LogP contribution in [0.5, 0.6) is 0 Å². The summed E-state index contributed by atoms with van der Waals surface area (Å²) >= 11 is 5.78. The van der Waals surface area contributed by atoms with Gasteiger partial charge in [-0.3, -0.25) is 0 Å². The molecule has 0 radical (unpaired) electrons. The van der Waals surface area contributed by atoms with Gasteiger partial charge in [-0.1, -0.05) is 17.7 Å². The average Bonchev–Trinajstić information content (AvgIpc) is 2.26. The molecule has 1 aromatic carbocycles. The van der Waals surface area contributed by atoms with Gasteiger partial charge in [0, 0.05) is 31.9 Å². The molecule has 17 heavy (non-hydrogen) atoms. The number of rotatable bonds is 1. The molecule has 4 amide bonds.